The van der Waals surface area contributed by atoms with Crippen LogP contribution in [-0.2, 0) is 11.3 Å². The fourth-order valence-electron chi connectivity index (χ4n) is 7.38. The van der Waals surface area contributed by atoms with Crippen LogP contribution in [0.25, 0.3) is 5.65 Å². The Morgan fingerprint density at radius 3 is 2.54 bits per heavy atom. The van der Waals surface area contributed by atoms with Crippen molar-refractivity contribution < 1.29 is 14.7 Å². The molecule has 35 heavy (non-hydrogen) atoms. The number of pyridine rings is 1. The predicted molar refractivity (Wildman–Crippen MR) is 126 cm³/mol. The first kappa shape index (κ1) is 22.2. The van der Waals surface area contributed by atoms with E-state index in [0.717, 1.165) is 24.3 Å². The number of nitrogens with zero attached hydrogens (tertiary/aromatic N) is 6. The van der Waals surface area contributed by atoms with Crippen molar-refractivity contribution in [3.8, 4) is 0 Å². The van der Waals surface area contributed by atoms with Crippen LogP contribution in [0.5, 0.6) is 0 Å². The highest BCUT2D eigenvalue weighted by Crippen LogP contribution is 2.59. The lowest BCUT2D eigenvalue weighted by Gasteiger charge is -2.56. The first-order chi connectivity index (χ1) is 16.9. The van der Waals surface area contributed by atoms with E-state index in [0.29, 0.717) is 29.3 Å². The molecule has 4 saturated carbocycles. The van der Waals surface area contributed by atoms with Crippen LogP contribution in [0.4, 0.5) is 0 Å². The van der Waals surface area contributed by atoms with Gasteiger partial charge in [0.25, 0.3) is 5.91 Å². The van der Waals surface area contributed by atoms with Crippen LogP contribution in [0.2, 0.25) is 0 Å². The van der Waals surface area contributed by atoms with Crippen molar-refractivity contribution >= 4 is 17.5 Å². The zero-order valence-corrected chi connectivity index (χ0v) is 19.9. The van der Waals surface area contributed by atoms with Gasteiger partial charge in [-0.1, -0.05) is 13.0 Å². The molecule has 4 fully saturated rings. The first-order valence-electron chi connectivity index (χ1n) is 12.7. The number of nitrogens with one attached hydrogen (secondary N) is 1. The first-order valence-corrected chi connectivity index (χ1v) is 12.7. The molecular formula is C25H31N7O3. The maximum absolute atomic E-state index is 13.3. The van der Waals surface area contributed by atoms with Crippen molar-refractivity contribution in [2.24, 2.45) is 23.2 Å². The third kappa shape index (κ3) is 3.98. The number of carboxylic acids is 1. The average molecular weight is 478 g/mol. The van der Waals surface area contributed by atoms with Crippen LogP contribution in [0.15, 0.2) is 24.4 Å². The van der Waals surface area contributed by atoms with E-state index >= 15 is 0 Å². The summed E-state index contributed by atoms with van der Waals surface area (Å²) >= 11 is 0. The minimum Gasteiger partial charge on any atom is -0.481 e. The van der Waals surface area contributed by atoms with E-state index < -0.39 is 11.9 Å². The van der Waals surface area contributed by atoms with Crippen LogP contribution in [-0.4, -0.2) is 53.1 Å². The lowest BCUT2D eigenvalue weighted by Crippen LogP contribution is -2.51. The van der Waals surface area contributed by atoms with E-state index in [-0.39, 0.29) is 17.9 Å². The molecule has 0 saturated heterocycles. The van der Waals surface area contributed by atoms with E-state index in [9.17, 15) is 14.7 Å². The lowest BCUT2D eigenvalue weighted by atomic mass is 9.49. The van der Waals surface area contributed by atoms with Crippen molar-refractivity contribution in [2.75, 3.05) is 6.54 Å². The highest BCUT2D eigenvalue weighted by atomic mass is 16.4. The maximum Gasteiger partial charge on any atom is 0.314 e. The maximum atomic E-state index is 13.3. The van der Waals surface area contributed by atoms with Crippen molar-refractivity contribution in [3.05, 3.63) is 41.6 Å². The smallest absolute Gasteiger partial charge is 0.314 e. The lowest BCUT2D eigenvalue weighted by molar-refractivity contribution is -0.139. The van der Waals surface area contributed by atoms with Gasteiger partial charge in [-0.3, -0.25) is 14.0 Å². The number of rotatable bonds is 8. The molecule has 0 aromatic carbocycles. The number of aromatic nitrogens is 6. The number of imidazole rings is 1. The van der Waals surface area contributed by atoms with E-state index in [4.69, 9.17) is 0 Å². The summed E-state index contributed by atoms with van der Waals surface area (Å²) in [4.78, 5) is 29.5. The average Bonchev–Trinajstić information content (AvgIpc) is 3.43. The number of aliphatic carboxylic acids is 1. The minimum absolute atomic E-state index is 0.0877. The van der Waals surface area contributed by atoms with E-state index in [1.807, 2.05) is 24.4 Å². The number of carbonyl (C=O) groups is 2. The van der Waals surface area contributed by atoms with E-state index in [1.165, 1.54) is 43.2 Å². The molecule has 2 N–H and O–H groups in total. The largest absolute Gasteiger partial charge is 0.481 e. The molecule has 3 aromatic heterocycles. The van der Waals surface area contributed by atoms with Crippen LogP contribution in [0, 0.1) is 23.2 Å². The Labute approximate surface area is 203 Å². The van der Waals surface area contributed by atoms with Gasteiger partial charge in [-0.25, -0.2) is 9.67 Å². The second-order valence-corrected chi connectivity index (χ2v) is 11.0. The van der Waals surface area contributed by atoms with E-state index in [1.54, 1.807) is 11.3 Å². The highest BCUT2D eigenvalue weighted by molar-refractivity contribution is 5.93. The highest BCUT2D eigenvalue weighted by Gasteiger charge is 2.50. The molecule has 184 valence electrons. The molecule has 7 rings (SSSR count). The number of tetrazole rings is 1. The molecule has 0 aliphatic heterocycles. The van der Waals surface area contributed by atoms with Gasteiger partial charge in [0.05, 0.1) is 12.2 Å². The SMILES string of the molecule is CCC(C(=O)O)c1nnnn1Cc1cn2c(C(=O)NCC34CC5CC(CC(C5)C3)C4)cccc2n1. The fraction of sp³-hybridized carbons (Fsp3) is 0.600. The molecule has 10 nitrogen and oxygen atoms in total. The standard InChI is InChI=1S/C25H31N7O3/c1-2-19(24(34)35)22-28-29-30-32(22)13-18-12-31-20(4-3-5-21(31)27-18)23(33)26-14-25-9-15-6-16(10-25)8-17(7-15)11-25/h3-5,12,15-17,19H,2,6-11,13-14H2,1H3,(H,26,33)(H,34,35). The summed E-state index contributed by atoms with van der Waals surface area (Å²) < 4.78 is 3.26. The van der Waals surface area contributed by atoms with Gasteiger partial charge in [-0.05, 0) is 90.7 Å². The van der Waals surface area contributed by atoms with Crippen molar-refractivity contribution in [1.29, 1.82) is 0 Å². The normalized spacial score (nSPS) is 27.9. The monoisotopic (exact) mass is 477 g/mol. The predicted octanol–water partition coefficient (Wildman–Crippen LogP) is 2.89. The minimum atomic E-state index is -0.962. The number of carbonyl (C=O) groups excluding carboxylic acids is 1. The summed E-state index contributed by atoms with van der Waals surface area (Å²) in [6.45, 7) is 2.76. The Morgan fingerprint density at radius 2 is 1.89 bits per heavy atom. The van der Waals surface area contributed by atoms with Crippen molar-refractivity contribution in [2.45, 2.75) is 64.3 Å². The topological polar surface area (TPSA) is 127 Å². The number of hydrogen-bond donors (Lipinski definition) is 2. The summed E-state index contributed by atoms with van der Waals surface area (Å²) in [6.07, 6.45) is 10.1. The molecule has 1 unspecified atom stereocenters. The van der Waals surface area contributed by atoms with Gasteiger partial charge in [0.15, 0.2) is 5.82 Å². The summed E-state index contributed by atoms with van der Waals surface area (Å²) in [5.41, 5.74) is 2.12. The van der Waals surface area contributed by atoms with Crippen LogP contribution >= 0.6 is 0 Å². The quantitative estimate of drug-likeness (QED) is 0.511. The molecule has 4 aliphatic rings. The Hall–Kier alpha value is -3.30. The number of fused-ring (bicyclic) bond motifs is 1. The molecule has 10 heteroatoms. The molecule has 1 atom stereocenters. The van der Waals surface area contributed by atoms with Gasteiger partial charge in [0.1, 0.15) is 17.3 Å². The Bertz CT molecular complexity index is 1240. The molecule has 0 spiro atoms. The van der Waals surface area contributed by atoms with Crippen LogP contribution in [0.1, 0.15) is 79.8 Å². The number of hydrogen-bond acceptors (Lipinski definition) is 6. The van der Waals surface area contributed by atoms with Crippen LogP contribution < -0.4 is 5.32 Å². The molecule has 3 aromatic rings. The number of carboxylic acid groups (broad SMARTS) is 1. The van der Waals surface area contributed by atoms with Gasteiger partial charge in [0, 0.05) is 12.7 Å². The second kappa shape index (κ2) is 8.42. The van der Waals surface area contributed by atoms with Gasteiger partial charge >= 0.3 is 5.97 Å². The zero-order chi connectivity index (χ0) is 24.2. The summed E-state index contributed by atoms with van der Waals surface area (Å²) in [5.74, 6) is 1.01. The van der Waals surface area contributed by atoms with Gasteiger partial charge in [0.2, 0.25) is 0 Å². The molecule has 4 aliphatic carbocycles. The third-order valence-corrected chi connectivity index (χ3v) is 8.45. The van der Waals surface area contributed by atoms with Gasteiger partial charge in [-0.15, -0.1) is 5.10 Å². The Morgan fingerprint density at radius 1 is 1.17 bits per heavy atom. The summed E-state index contributed by atoms with van der Waals surface area (Å²) in [5, 5.41) is 24.3. The van der Waals surface area contributed by atoms with E-state index in [2.05, 4.69) is 25.8 Å². The second-order valence-electron chi connectivity index (χ2n) is 11.0. The third-order valence-electron chi connectivity index (χ3n) is 8.45. The summed E-state index contributed by atoms with van der Waals surface area (Å²) in [7, 11) is 0. The molecule has 1 amide bonds. The Kier molecular flexibility index (Phi) is 5.34. The molecule has 4 bridgehead atoms. The van der Waals surface area contributed by atoms with Crippen molar-refractivity contribution in [1.82, 2.24) is 34.9 Å². The van der Waals surface area contributed by atoms with Gasteiger partial charge < -0.3 is 10.4 Å². The molecular weight excluding hydrogens is 446 g/mol. The van der Waals surface area contributed by atoms with Gasteiger partial charge in [-0.2, -0.15) is 0 Å². The number of amides is 1. The van der Waals surface area contributed by atoms with Crippen molar-refractivity contribution in [3.63, 3.8) is 0 Å². The Balaban J connectivity index is 1.20. The fourth-order valence-corrected chi connectivity index (χ4v) is 7.38. The van der Waals surface area contributed by atoms with Crippen LogP contribution in [0.3, 0.4) is 0 Å². The molecule has 0 radical (unpaired) electrons. The molecule has 3 heterocycles. The summed E-state index contributed by atoms with van der Waals surface area (Å²) in [6, 6.07) is 5.51. The zero-order valence-electron chi connectivity index (χ0n) is 19.9.